The molecule has 2 aromatic rings. The molecule has 1 fully saturated rings. The van der Waals surface area contributed by atoms with E-state index >= 15 is 0 Å². The van der Waals surface area contributed by atoms with Crippen LogP contribution in [0.15, 0.2) is 36.4 Å². The van der Waals surface area contributed by atoms with E-state index < -0.39 is 24.3 Å². The largest absolute Gasteiger partial charge is 0.395 e. The van der Waals surface area contributed by atoms with Crippen LogP contribution in [-0.4, -0.2) is 67.5 Å². The number of halogens is 5. The topological polar surface area (TPSA) is 67.8 Å². The lowest BCUT2D eigenvalue weighted by atomic mass is 10.0. The molecule has 6 nitrogen and oxygen atoms in total. The highest BCUT2D eigenvalue weighted by Crippen LogP contribution is 2.31. The van der Waals surface area contributed by atoms with Crippen molar-refractivity contribution in [3.63, 3.8) is 0 Å². The Labute approximate surface area is 225 Å². The lowest BCUT2D eigenvalue weighted by molar-refractivity contribution is -0.138. The van der Waals surface area contributed by atoms with Crippen LogP contribution in [0.4, 0.5) is 28.9 Å². The molecule has 11 heteroatoms. The molecule has 0 saturated carbocycles. The van der Waals surface area contributed by atoms with E-state index in [0.29, 0.717) is 60.6 Å². The number of benzene rings is 2. The van der Waals surface area contributed by atoms with Gasteiger partial charge in [0.1, 0.15) is 5.82 Å². The van der Waals surface area contributed by atoms with Crippen molar-refractivity contribution in [3.8, 4) is 0 Å². The standard InChI is InChI=1S/C27H35ClF4N4O2/c1-18(2)13-21(17-37)33-16-19-3-5-22(23(29)14-19)26(38)34-24-6-4-20(28)15-25(24)36-11-9-35(10-12-36)8-7-27(30,31)32/h3-6,14-15,18,21,33,37H,7-13,16-17H2,1-2H3,(H,34,38). The first kappa shape index (κ1) is 30.1. The molecule has 0 spiro atoms. The Morgan fingerprint density at radius 2 is 1.82 bits per heavy atom. The van der Waals surface area contributed by atoms with Crippen molar-refractivity contribution < 1.29 is 27.5 Å². The number of nitrogens with one attached hydrogen (secondary N) is 2. The molecular formula is C27H35ClF4N4O2. The number of anilines is 2. The number of aliphatic hydroxyl groups is 1. The van der Waals surface area contributed by atoms with Crippen molar-refractivity contribution in [2.24, 2.45) is 5.92 Å². The fraction of sp³-hybridized carbons (Fsp3) is 0.519. The van der Waals surface area contributed by atoms with Gasteiger partial charge in [-0.1, -0.05) is 31.5 Å². The first-order valence-corrected chi connectivity index (χ1v) is 13.1. The monoisotopic (exact) mass is 558 g/mol. The summed E-state index contributed by atoms with van der Waals surface area (Å²) >= 11 is 6.19. The minimum absolute atomic E-state index is 0.0207. The highest BCUT2D eigenvalue weighted by molar-refractivity contribution is 6.31. The molecule has 1 atom stereocenters. The molecule has 1 saturated heterocycles. The summed E-state index contributed by atoms with van der Waals surface area (Å²) in [5.41, 5.74) is 1.60. The fourth-order valence-corrected chi connectivity index (χ4v) is 4.63. The number of hydrogen-bond donors (Lipinski definition) is 3. The Kier molecular flexibility index (Phi) is 10.8. The molecule has 0 radical (unpaired) electrons. The minimum atomic E-state index is -4.19. The number of amides is 1. The van der Waals surface area contributed by atoms with E-state index in [-0.39, 0.29) is 24.8 Å². The van der Waals surface area contributed by atoms with E-state index in [2.05, 4.69) is 24.5 Å². The molecule has 3 N–H and O–H groups in total. The molecule has 1 amide bonds. The molecule has 1 unspecified atom stereocenters. The second-order valence-electron chi connectivity index (χ2n) is 10.0. The SMILES string of the molecule is CC(C)CC(CO)NCc1ccc(C(=O)Nc2ccc(Cl)cc2N2CCN(CCC(F)(F)F)CC2)c(F)c1. The van der Waals surface area contributed by atoms with Gasteiger partial charge in [-0.3, -0.25) is 9.69 Å². The normalized spacial score (nSPS) is 15.7. The summed E-state index contributed by atoms with van der Waals surface area (Å²) in [5, 5.41) is 15.9. The third-order valence-electron chi connectivity index (χ3n) is 6.48. The van der Waals surface area contributed by atoms with Gasteiger partial charge in [-0.05, 0) is 48.2 Å². The zero-order valence-electron chi connectivity index (χ0n) is 21.6. The highest BCUT2D eigenvalue weighted by Gasteiger charge is 2.29. The average molecular weight is 559 g/mol. The predicted octanol–water partition coefficient (Wildman–Crippen LogP) is 5.30. The van der Waals surface area contributed by atoms with Crippen LogP contribution in [0.25, 0.3) is 0 Å². The Balaban J connectivity index is 1.64. The van der Waals surface area contributed by atoms with Crippen LogP contribution in [0.3, 0.4) is 0 Å². The Hall–Kier alpha value is -2.40. The van der Waals surface area contributed by atoms with Gasteiger partial charge in [-0.2, -0.15) is 13.2 Å². The summed E-state index contributed by atoms with van der Waals surface area (Å²) in [4.78, 5) is 16.7. The molecule has 0 bridgehead atoms. The van der Waals surface area contributed by atoms with Gasteiger partial charge < -0.3 is 20.6 Å². The first-order chi connectivity index (χ1) is 17.9. The smallest absolute Gasteiger partial charge is 0.390 e. The van der Waals surface area contributed by atoms with Crippen molar-refractivity contribution in [1.29, 1.82) is 0 Å². The van der Waals surface area contributed by atoms with Crippen molar-refractivity contribution in [2.75, 3.05) is 49.5 Å². The van der Waals surface area contributed by atoms with E-state index in [1.807, 2.05) is 4.90 Å². The molecule has 1 aliphatic rings. The number of piperazine rings is 1. The van der Waals surface area contributed by atoms with E-state index in [4.69, 9.17) is 11.6 Å². The Bertz CT molecular complexity index is 1080. The molecule has 0 aliphatic carbocycles. The quantitative estimate of drug-likeness (QED) is 0.327. The number of aliphatic hydroxyl groups excluding tert-OH is 1. The van der Waals surface area contributed by atoms with Gasteiger partial charge in [0.15, 0.2) is 0 Å². The number of alkyl halides is 3. The van der Waals surface area contributed by atoms with Crippen molar-refractivity contribution >= 4 is 28.9 Å². The Morgan fingerprint density at radius 1 is 1.11 bits per heavy atom. The first-order valence-electron chi connectivity index (χ1n) is 12.7. The third-order valence-corrected chi connectivity index (χ3v) is 6.72. The van der Waals surface area contributed by atoms with Gasteiger partial charge in [-0.25, -0.2) is 4.39 Å². The summed E-state index contributed by atoms with van der Waals surface area (Å²) in [7, 11) is 0. The molecule has 3 rings (SSSR count). The fourth-order valence-electron chi connectivity index (χ4n) is 4.47. The second kappa shape index (κ2) is 13.6. The van der Waals surface area contributed by atoms with E-state index in [1.54, 1.807) is 29.2 Å². The van der Waals surface area contributed by atoms with Crippen LogP contribution in [0.5, 0.6) is 0 Å². The highest BCUT2D eigenvalue weighted by atomic mass is 35.5. The van der Waals surface area contributed by atoms with Crippen molar-refractivity contribution in [3.05, 3.63) is 58.4 Å². The molecule has 1 aliphatic heterocycles. The lowest BCUT2D eigenvalue weighted by Gasteiger charge is -2.37. The van der Waals surface area contributed by atoms with Crippen LogP contribution >= 0.6 is 11.6 Å². The van der Waals surface area contributed by atoms with E-state index in [0.717, 1.165) is 6.42 Å². The van der Waals surface area contributed by atoms with Crippen LogP contribution < -0.4 is 15.5 Å². The number of rotatable bonds is 11. The zero-order valence-corrected chi connectivity index (χ0v) is 22.4. The van der Waals surface area contributed by atoms with Gasteiger partial charge in [0.05, 0.1) is 30.0 Å². The minimum Gasteiger partial charge on any atom is -0.395 e. The molecular weight excluding hydrogens is 524 g/mol. The van der Waals surface area contributed by atoms with Gasteiger partial charge in [-0.15, -0.1) is 0 Å². The second-order valence-corrected chi connectivity index (χ2v) is 10.5. The van der Waals surface area contributed by atoms with Crippen molar-refractivity contribution in [2.45, 2.75) is 45.5 Å². The van der Waals surface area contributed by atoms with Crippen LogP contribution in [-0.2, 0) is 6.54 Å². The number of carbonyl (C=O) groups excluding carboxylic acids is 1. The van der Waals surface area contributed by atoms with Crippen LogP contribution in [0, 0.1) is 11.7 Å². The van der Waals surface area contributed by atoms with E-state index in [9.17, 15) is 27.5 Å². The maximum atomic E-state index is 14.9. The number of carbonyl (C=O) groups is 1. The van der Waals surface area contributed by atoms with Gasteiger partial charge >= 0.3 is 6.18 Å². The number of hydrogen-bond acceptors (Lipinski definition) is 5. The van der Waals surface area contributed by atoms with Crippen molar-refractivity contribution in [1.82, 2.24) is 10.2 Å². The van der Waals surface area contributed by atoms with Gasteiger partial charge in [0.2, 0.25) is 0 Å². The summed E-state index contributed by atoms with van der Waals surface area (Å²) in [5.74, 6) is -0.888. The maximum absolute atomic E-state index is 14.9. The van der Waals surface area contributed by atoms with Crippen LogP contribution in [0.2, 0.25) is 5.02 Å². The molecule has 0 aromatic heterocycles. The molecule has 1 heterocycles. The zero-order chi connectivity index (χ0) is 27.9. The maximum Gasteiger partial charge on any atom is 0.390 e. The summed E-state index contributed by atoms with van der Waals surface area (Å²) in [6.07, 6.45) is -4.27. The van der Waals surface area contributed by atoms with Gasteiger partial charge in [0, 0.05) is 50.3 Å². The molecule has 2 aromatic carbocycles. The summed E-state index contributed by atoms with van der Waals surface area (Å²) < 4.78 is 52.6. The third kappa shape index (κ3) is 9.11. The summed E-state index contributed by atoms with van der Waals surface area (Å²) in [6.45, 7) is 6.19. The van der Waals surface area contributed by atoms with Gasteiger partial charge in [0.25, 0.3) is 5.91 Å². The average Bonchev–Trinajstić information content (AvgIpc) is 2.86. The Morgan fingerprint density at radius 3 is 2.42 bits per heavy atom. The lowest BCUT2D eigenvalue weighted by Crippen LogP contribution is -2.47. The van der Waals surface area contributed by atoms with Crippen LogP contribution in [0.1, 0.15) is 42.6 Å². The number of nitrogens with zero attached hydrogens (tertiary/aromatic N) is 2. The molecule has 38 heavy (non-hydrogen) atoms. The summed E-state index contributed by atoms with van der Waals surface area (Å²) in [6, 6.07) is 9.21. The van der Waals surface area contributed by atoms with E-state index in [1.165, 1.54) is 12.1 Å². The molecule has 210 valence electrons. The predicted molar refractivity (Wildman–Crippen MR) is 142 cm³/mol.